The van der Waals surface area contributed by atoms with E-state index in [9.17, 15) is 17.2 Å². The molecule has 0 bridgehead atoms. The predicted molar refractivity (Wildman–Crippen MR) is 70.4 cm³/mol. The number of rotatable bonds is 3. The first-order chi connectivity index (χ1) is 9.29. The van der Waals surface area contributed by atoms with Crippen LogP contribution in [0.15, 0.2) is 41.3 Å². The molecule has 2 rings (SSSR count). The largest absolute Gasteiger partial charge is 0.452 e. The van der Waals surface area contributed by atoms with Crippen molar-refractivity contribution in [2.24, 2.45) is 0 Å². The van der Waals surface area contributed by atoms with Crippen LogP contribution in [0.2, 0.25) is 0 Å². The van der Waals surface area contributed by atoms with Gasteiger partial charge in [0.15, 0.2) is 21.4 Å². The van der Waals surface area contributed by atoms with Gasteiger partial charge in [0.1, 0.15) is 5.75 Å². The number of hydrogen-bond donors (Lipinski definition) is 1. The summed E-state index contributed by atoms with van der Waals surface area (Å²) >= 11 is 0. The van der Waals surface area contributed by atoms with E-state index in [2.05, 4.69) is 0 Å². The Morgan fingerprint density at radius 3 is 2.20 bits per heavy atom. The molecule has 106 valence electrons. The quantitative estimate of drug-likeness (QED) is 0.885. The standard InChI is InChI=1S/C13H11F2NO3S/c1-20(17,18)9-4-2-8(3-5-9)19-13-11(16)7-6-10(14)12(13)15/h2-7H,16H2,1H3. The Morgan fingerprint density at radius 2 is 1.65 bits per heavy atom. The number of ether oxygens (including phenoxy) is 1. The number of nitrogen functional groups attached to an aromatic ring is 1. The molecule has 2 aromatic carbocycles. The molecule has 0 fully saturated rings. The van der Waals surface area contributed by atoms with E-state index in [0.29, 0.717) is 0 Å². The zero-order chi connectivity index (χ0) is 14.9. The van der Waals surface area contributed by atoms with Crippen LogP contribution in [0.25, 0.3) is 0 Å². The van der Waals surface area contributed by atoms with Crippen molar-refractivity contribution in [1.82, 2.24) is 0 Å². The van der Waals surface area contributed by atoms with Crippen LogP contribution in [-0.2, 0) is 9.84 Å². The normalized spacial score (nSPS) is 11.3. The second kappa shape index (κ2) is 5.09. The van der Waals surface area contributed by atoms with Gasteiger partial charge in [-0.05, 0) is 36.4 Å². The maximum Gasteiger partial charge on any atom is 0.203 e. The number of benzene rings is 2. The second-order valence-corrected chi connectivity index (χ2v) is 6.14. The van der Waals surface area contributed by atoms with E-state index >= 15 is 0 Å². The highest BCUT2D eigenvalue weighted by Crippen LogP contribution is 2.32. The molecule has 20 heavy (non-hydrogen) atoms. The van der Waals surface area contributed by atoms with Gasteiger partial charge in [-0.25, -0.2) is 12.8 Å². The number of hydrogen-bond acceptors (Lipinski definition) is 4. The predicted octanol–water partition coefficient (Wildman–Crippen LogP) is 2.74. The molecular formula is C13H11F2NO3S. The average molecular weight is 299 g/mol. The fourth-order valence-corrected chi connectivity index (χ4v) is 2.15. The van der Waals surface area contributed by atoms with Crippen molar-refractivity contribution in [3.63, 3.8) is 0 Å². The van der Waals surface area contributed by atoms with Crippen LogP contribution in [0.5, 0.6) is 11.5 Å². The zero-order valence-corrected chi connectivity index (χ0v) is 11.2. The Morgan fingerprint density at radius 1 is 1.05 bits per heavy atom. The van der Waals surface area contributed by atoms with E-state index in [1.165, 1.54) is 30.3 Å². The van der Waals surface area contributed by atoms with Gasteiger partial charge >= 0.3 is 0 Å². The molecule has 0 aliphatic heterocycles. The lowest BCUT2D eigenvalue weighted by Crippen LogP contribution is -1.99. The lowest BCUT2D eigenvalue weighted by Gasteiger charge is -2.10. The third kappa shape index (κ3) is 2.88. The maximum atomic E-state index is 13.5. The topological polar surface area (TPSA) is 69.4 Å². The van der Waals surface area contributed by atoms with Gasteiger partial charge < -0.3 is 10.5 Å². The summed E-state index contributed by atoms with van der Waals surface area (Å²) in [6.07, 6.45) is 1.06. The Kier molecular flexibility index (Phi) is 3.63. The van der Waals surface area contributed by atoms with Gasteiger partial charge in [-0.15, -0.1) is 0 Å². The minimum Gasteiger partial charge on any atom is -0.452 e. The van der Waals surface area contributed by atoms with E-state index in [-0.39, 0.29) is 16.3 Å². The van der Waals surface area contributed by atoms with Gasteiger partial charge in [0.2, 0.25) is 5.82 Å². The third-order valence-corrected chi connectivity index (χ3v) is 3.68. The summed E-state index contributed by atoms with van der Waals surface area (Å²) in [5.41, 5.74) is 5.45. The summed E-state index contributed by atoms with van der Waals surface area (Å²) in [7, 11) is -3.33. The summed E-state index contributed by atoms with van der Waals surface area (Å²) in [6, 6.07) is 7.35. The van der Waals surface area contributed by atoms with E-state index < -0.39 is 27.2 Å². The highest BCUT2D eigenvalue weighted by atomic mass is 32.2. The van der Waals surface area contributed by atoms with Gasteiger partial charge in [0, 0.05) is 6.26 Å². The Bertz CT molecular complexity index is 743. The van der Waals surface area contributed by atoms with Crippen molar-refractivity contribution < 1.29 is 21.9 Å². The fraction of sp³-hybridized carbons (Fsp3) is 0.0769. The average Bonchev–Trinajstić information content (AvgIpc) is 2.39. The summed E-state index contributed by atoms with van der Waals surface area (Å²) in [6.45, 7) is 0. The molecule has 0 aromatic heterocycles. The SMILES string of the molecule is CS(=O)(=O)c1ccc(Oc2c(N)ccc(F)c2F)cc1. The van der Waals surface area contributed by atoms with Crippen LogP contribution in [0.1, 0.15) is 0 Å². The molecule has 0 amide bonds. The van der Waals surface area contributed by atoms with Gasteiger partial charge in [0.25, 0.3) is 0 Å². The molecule has 0 heterocycles. The second-order valence-electron chi connectivity index (χ2n) is 4.13. The zero-order valence-electron chi connectivity index (χ0n) is 10.4. The Labute approximate surface area is 114 Å². The van der Waals surface area contributed by atoms with Gasteiger partial charge in [0.05, 0.1) is 10.6 Å². The lowest BCUT2D eigenvalue weighted by atomic mass is 10.2. The molecule has 0 saturated carbocycles. The Balaban J connectivity index is 2.34. The van der Waals surface area contributed by atoms with Gasteiger partial charge in [-0.1, -0.05) is 0 Å². The molecule has 7 heteroatoms. The van der Waals surface area contributed by atoms with Crippen molar-refractivity contribution in [2.75, 3.05) is 12.0 Å². The Hall–Kier alpha value is -2.15. The van der Waals surface area contributed by atoms with Crippen molar-refractivity contribution in [3.8, 4) is 11.5 Å². The molecular weight excluding hydrogens is 288 g/mol. The number of anilines is 1. The van der Waals surface area contributed by atoms with Crippen molar-refractivity contribution in [3.05, 3.63) is 48.0 Å². The molecule has 0 radical (unpaired) electrons. The first kappa shape index (κ1) is 14.3. The monoisotopic (exact) mass is 299 g/mol. The molecule has 0 unspecified atom stereocenters. The number of halogens is 2. The van der Waals surface area contributed by atoms with E-state index in [0.717, 1.165) is 12.3 Å². The number of sulfone groups is 1. The first-order valence-electron chi connectivity index (χ1n) is 5.50. The van der Waals surface area contributed by atoms with E-state index in [4.69, 9.17) is 10.5 Å². The van der Waals surface area contributed by atoms with Crippen LogP contribution >= 0.6 is 0 Å². The molecule has 0 aliphatic rings. The molecule has 0 aliphatic carbocycles. The van der Waals surface area contributed by atoms with Crippen LogP contribution in [0.3, 0.4) is 0 Å². The van der Waals surface area contributed by atoms with Crippen LogP contribution in [0, 0.1) is 11.6 Å². The van der Waals surface area contributed by atoms with Crippen LogP contribution in [-0.4, -0.2) is 14.7 Å². The maximum absolute atomic E-state index is 13.5. The van der Waals surface area contributed by atoms with Crippen LogP contribution in [0.4, 0.5) is 14.5 Å². The molecule has 2 aromatic rings. The smallest absolute Gasteiger partial charge is 0.203 e. The highest BCUT2D eigenvalue weighted by molar-refractivity contribution is 7.90. The summed E-state index contributed by atoms with van der Waals surface area (Å²) in [4.78, 5) is 0.0949. The van der Waals surface area contributed by atoms with Crippen molar-refractivity contribution in [2.45, 2.75) is 4.90 Å². The summed E-state index contributed by atoms with van der Waals surface area (Å²) in [5, 5.41) is 0. The van der Waals surface area contributed by atoms with Gasteiger partial charge in [-0.2, -0.15) is 4.39 Å². The van der Waals surface area contributed by atoms with Gasteiger partial charge in [-0.3, -0.25) is 0 Å². The lowest BCUT2D eigenvalue weighted by molar-refractivity contribution is 0.418. The van der Waals surface area contributed by atoms with E-state index in [1.807, 2.05) is 0 Å². The number of nitrogens with two attached hydrogens (primary N) is 1. The minimum absolute atomic E-state index is 0.0592. The van der Waals surface area contributed by atoms with Crippen molar-refractivity contribution in [1.29, 1.82) is 0 Å². The molecule has 0 saturated heterocycles. The summed E-state index contributed by atoms with van der Waals surface area (Å²) < 4.78 is 54.4. The van der Waals surface area contributed by atoms with E-state index in [1.54, 1.807) is 0 Å². The molecule has 0 spiro atoms. The molecule has 2 N–H and O–H groups in total. The molecule has 0 atom stereocenters. The highest BCUT2D eigenvalue weighted by Gasteiger charge is 2.14. The van der Waals surface area contributed by atoms with Crippen molar-refractivity contribution >= 4 is 15.5 Å². The summed E-state index contributed by atoms with van der Waals surface area (Å²) in [5.74, 6) is -2.56. The molecule has 4 nitrogen and oxygen atoms in total. The fourth-order valence-electron chi connectivity index (χ4n) is 1.52. The van der Waals surface area contributed by atoms with Crippen LogP contribution < -0.4 is 10.5 Å². The third-order valence-electron chi connectivity index (χ3n) is 2.55. The first-order valence-corrected chi connectivity index (χ1v) is 7.39. The minimum atomic E-state index is -3.33.